The van der Waals surface area contributed by atoms with E-state index in [1.54, 1.807) is 13.8 Å². The summed E-state index contributed by atoms with van der Waals surface area (Å²) in [6.45, 7) is 8.14. The number of nitrogens with one attached hydrogen (secondary N) is 2. The molecular weight excluding hydrogens is 356 g/mol. The number of hydrogen-bond acceptors (Lipinski definition) is 5. The Morgan fingerprint density at radius 1 is 1.15 bits per heavy atom. The fourth-order valence-electron chi connectivity index (χ4n) is 2.68. The van der Waals surface area contributed by atoms with Crippen LogP contribution in [0.5, 0.6) is 0 Å². The zero-order valence-corrected chi connectivity index (χ0v) is 16.6. The van der Waals surface area contributed by atoms with Crippen LogP contribution in [0.1, 0.15) is 42.0 Å². The number of amides is 1. The van der Waals surface area contributed by atoms with E-state index < -0.39 is 28.6 Å². The molecule has 1 fully saturated rings. The van der Waals surface area contributed by atoms with E-state index >= 15 is 0 Å². The van der Waals surface area contributed by atoms with E-state index in [0.29, 0.717) is 11.1 Å². The molecule has 0 bridgehead atoms. The van der Waals surface area contributed by atoms with E-state index in [1.807, 2.05) is 19.9 Å². The zero-order chi connectivity index (χ0) is 19.6. The van der Waals surface area contributed by atoms with E-state index in [0.717, 1.165) is 24.0 Å². The molecule has 8 heteroatoms. The number of rotatable bonds is 7. The first kappa shape index (κ1) is 20.4. The summed E-state index contributed by atoms with van der Waals surface area (Å²) in [6, 6.07) is 1.00. The molecule has 1 atom stereocenters. The predicted molar refractivity (Wildman–Crippen MR) is 97.3 cm³/mol. The lowest BCUT2D eigenvalue weighted by molar-refractivity contribution is -0.149. The Balaban J connectivity index is 2.06. The second kappa shape index (κ2) is 7.75. The summed E-state index contributed by atoms with van der Waals surface area (Å²) >= 11 is 0. The largest absolute Gasteiger partial charge is 0.454 e. The molecule has 1 aliphatic rings. The minimum atomic E-state index is -3.91. The molecule has 1 saturated carbocycles. The zero-order valence-electron chi connectivity index (χ0n) is 15.8. The molecule has 0 heterocycles. The lowest BCUT2D eigenvalue weighted by Gasteiger charge is -2.18. The summed E-state index contributed by atoms with van der Waals surface area (Å²) in [6.07, 6.45) is 1.87. The second-order valence-electron chi connectivity index (χ2n) is 6.88. The molecule has 144 valence electrons. The number of carbonyl (C=O) groups is 2. The van der Waals surface area contributed by atoms with Crippen molar-refractivity contribution < 1.29 is 22.7 Å². The van der Waals surface area contributed by atoms with Crippen LogP contribution in [-0.2, 0) is 24.3 Å². The maximum atomic E-state index is 12.8. The van der Waals surface area contributed by atoms with E-state index in [2.05, 4.69) is 10.0 Å². The molecule has 0 unspecified atom stereocenters. The highest BCUT2D eigenvalue weighted by molar-refractivity contribution is 7.89. The van der Waals surface area contributed by atoms with Gasteiger partial charge in [0, 0.05) is 6.04 Å². The SMILES string of the molecule is Cc1cc(C)c(C)c(S(=O)(=O)N[C@@H](C)C(=O)OCC(=O)NC2CC2)c1C. The molecule has 1 aliphatic carbocycles. The van der Waals surface area contributed by atoms with Crippen LogP contribution >= 0.6 is 0 Å². The summed E-state index contributed by atoms with van der Waals surface area (Å²) in [7, 11) is -3.91. The molecule has 2 rings (SSSR count). The van der Waals surface area contributed by atoms with Gasteiger partial charge in [-0.25, -0.2) is 8.42 Å². The van der Waals surface area contributed by atoms with Crippen LogP contribution in [0.4, 0.5) is 0 Å². The Labute approximate surface area is 154 Å². The van der Waals surface area contributed by atoms with Crippen molar-refractivity contribution in [1.82, 2.24) is 10.0 Å². The Morgan fingerprint density at radius 2 is 1.69 bits per heavy atom. The maximum Gasteiger partial charge on any atom is 0.324 e. The smallest absolute Gasteiger partial charge is 0.324 e. The Bertz CT molecular complexity index is 802. The van der Waals surface area contributed by atoms with Crippen molar-refractivity contribution in [3.8, 4) is 0 Å². The van der Waals surface area contributed by atoms with Gasteiger partial charge in [-0.05, 0) is 69.7 Å². The van der Waals surface area contributed by atoms with Gasteiger partial charge in [0.1, 0.15) is 6.04 Å². The fourth-order valence-corrected chi connectivity index (χ4v) is 4.49. The first-order valence-corrected chi connectivity index (χ1v) is 10.1. The molecule has 1 aromatic carbocycles. The number of carbonyl (C=O) groups excluding carboxylic acids is 2. The number of hydrogen-bond donors (Lipinski definition) is 2. The summed E-state index contributed by atoms with van der Waals surface area (Å²) < 4.78 is 32.8. The van der Waals surface area contributed by atoms with Gasteiger partial charge in [-0.3, -0.25) is 9.59 Å². The third-order valence-corrected chi connectivity index (χ3v) is 6.35. The van der Waals surface area contributed by atoms with E-state index in [1.165, 1.54) is 6.92 Å². The molecule has 2 N–H and O–H groups in total. The lowest BCUT2D eigenvalue weighted by Crippen LogP contribution is -2.41. The average molecular weight is 382 g/mol. The van der Waals surface area contributed by atoms with Gasteiger partial charge in [-0.2, -0.15) is 4.72 Å². The highest BCUT2D eigenvalue weighted by Crippen LogP contribution is 2.26. The first-order chi connectivity index (χ1) is 12.0. The summed E-state index contributed by atoms with van der Waals surface area (Å²) in [5, 5.41) is 2.69. The molecule has 1 amide bonds. The summed E-state index contributed by atoms with van der Waals surface area (Å²) in [4.78, 5) is 23.8. The van der Waals surface area contributed by atoms with Crippen LogP contribution in [0.25, 0.3) is 0 Å². The Morgan fingerprint density at radius 3 is 2.19 bits per heavy atom. The minimum Gasteiger partial charge on any atom is -0.454 e. The van der Waals surface area contributed by atoms with Gasteiger partial charge in [-0.1, -0.05) is 6.07 Å². The van der Waals surface area contributed by atoms with Crippen LogP contribution in [0, 0.1) is 27.7 Å². The number of sulfonamides is 1. The van der Waals surface area contributed by atoms with Crippen LogP contribution in [0.3, 0.4) is 0 Å². The molecule has 0 radical (unpaired) electrons. The van der Waals surface area contributed by atoms with Gasteiger partial charge in [0.2, 0.25) is 10.0 Å². The van der Waals surface area contributed by atoms with Gasteiger partial charge in [0.25, 0.3) is 5.91 Å². The number of ether oxygens (including phenoxy) is 1. The van der Waals surface area contributed by atoms with E-state index in [-0.39, 0.29) is 16.8 Å². The van der Waals surface area contributed by atoms with Crippen molar-refractivity contribution >= 4 is 21.9 Å². The molecule has 0 aromatic heterocycles. The van der Waals surface area contributed by atoms with Gasteiger partial charge < -0.3 is 10.1 Å². The number of benzene rings is 1. The summed E-state index contributed by atoms with van der Waals surface area (Å²) in [5.74, 6) is -1.17. The van der Waals surface area contributed by atoms with Crippen molar-refractivity contribution in [2.75, 3.05) is 6.61 Å². The minimum absolute atomic E-state index is 0.174. The van der Waals surface area contributed by atoms with Crippen molar-refractivity contribution in [3.05, 3.63) is 28.3 Å². The highest BCUT2D eigenvalue weighted by Gasteiger charge is 2.28. The average Bonchev–Trinajstić information content (AvgIpc) is 3.34. The summed E-state index contributed by atoms with van der Waals surface area (Å²) in [5.41, 5.74) is 3.01. The molecule has 0 spiro atoms. The molecule has 0 aliphatic heterocycles. The van der Waals surface area contributed by atoms with Crippen LogP contribution in [0.15, 0.2) is 11.0 Å². The van der Waals surface area contributed by atoms with Gasteiger partial charge in [0.15, 0.2) is 6.61 Å². The maximum absolute atomic E-state index is 12.8. The quantitative estimate of drug-likeness (QED) is 0.694. The monoisotopic (exact) mass is 382 g/mol. The molecular formula is C18H26N2O5S. The van der Waals surface area contributed by atoms with Crippen LogP contribution < -0.4 is 10.0 Å². The predicted octanol–water partition coefficient (Wildman–Crippen LogP) is 1.41. The van der Waals surface area contributed by atoms with Gasteiger partial charge in [0.05, 0.1) is 4.90 Å². The van der Waals surface area contributed by atoms with E-state index in [9.17, 15) is 18.0 Å². The normalized spacial score (nSPS) is 15.4. The van der Waals surface area contributed by atoms with Gasteiger partial charge >= 0.3 is 5.97 Å². The van der Waals surface area contributed by atoms with Crippen LogP contribution in [0.2, 0.25) is 0 Å². The van der Waals surface area contributed by atoms with E-state index in [4.69, 9.17) is 4.74 Å². The Kier molecular flexibility index (Phi) is 6.08. The third kappa shape index (κ3) is 4.82. The first-order valence-electron chi connectivity index (χ1n) is 8.58. The Hall–Kier alpha value is -1.93. The van der Waals surface area contributed by atoms with Crippen molar-refractivity contribution in [2.24, 2.45) is 0 Å². The lowest BCUT2D eigenvalue weighted by atomic mass is 10.0. The molecule has 1 aromatic rings. The third-order valence-electron chi connectivity index (χ3n) is 4.54. The second-order valence-corrected chi connectivity index (χ2v) is 8.53. The van der Waals surface area contributed by atoms with Crippen molar-refractivity contribution in [1.29, 1.82) is 0 Å². The van der Waals surface area contributed by atoms with Gasteiger partial charge in [-0.15, -0.1) is 0 Å². The highest BCUT2D eigenvalue weighted by atomic mass is 32.2. The molecule has 26 heavy (non-hydrogen) atoms. The topological polar surface area (TPSA) is 102 Å². The number of aryl methyl sites for hydroxylation is 2. The standard InChI is InChI=1S/C18H26N2O5S/c1-10-8-11(2)13(4)17(12(10)3)26(23,24)20-14(5)18(22)25-9-16(21)19-15-6-7-15/h8,14-15,20H,6-7,9H2,1-5H3,(H,19,21)/t14-/m0/s1. The van der Waals surface area contributed by atoms with Crippen LogP contribution in [-0.4, -0.2) is 39.0 Å². The fraction of sp³-hybridized carbons (Fsp3) is 0.556. The molecule has 7 nitrogen and oxygen atoms in total. The number of esters is 1. The molecule has 0 saturated heterocycles. The van der Waals surface area contributed by atoms with Crippen molar-refractivity contribution in [3.63, 3.8) is 0 Å². The van der Waals surface area contributed by atoms with Crippen molar-refractivity contribution in [2.45, 2.75) is 64.4 Å².